The average Bonchev–Trinajstić information content (AvgIpc) is 3.78. The molecule has 2 aliphatic carbocycles. The number of rotatable bonds is 2. The molecule has 8 aromatic rings. The maximum absolute atomic E-state index is 2.50. The highest BCUT2D eigenvalue weighted by Gasteiger charge is 2.56. The molecule has 2 aliphatic rings. The summed E-state index contributed by atoms with van der Waals surface area (Å²) in [6, 6.07) is 57.9. The first kappa shape index (κ1) is 23.0. The highest BCUT2D eigenvalue weighted by atomic mass is 15.0. The Balaban J connectivity index is 1.48. The van der Waals surface area contributed by atoms with E-state index in [9.17, 15) is 0 Å². The molecule has 10 rings (SSSR count). The van der Waals surface area contributed by atoms with Crippen LogP contribution in [0.5, 0.6) is 0 Å². The van der Waals surface area contributed by atoms with Crippen molar-refractivity contribution in [2.45, 2.75) is 5.41 Å². The number of hydrogen-bond donors (Lipinski definition) is 0. The highest BCUT2D eigenvalue weighted by Crippen LogP contribution is 2.66. The molecule has 0 unspecified atom stereocenters. The fraction of sp³-hybridized carbons (Fsp3) is 0.0244. The molecule has 43 heavy (non-hydrogen) atoms. The second-order valence-electron chi connectivity index (χ2n) is 11.7. The first-order valence-electron chi connectivity index (χ1n) is 15.0. The van der Waals surface area contributed by atoms with Crippen molar-refractivity contribution in [2.75, 3.05) is 0 Å². The minimum absolute atomic E-state index is 0.461. The van der Waals surface area contributed by atoms with Gasteiger partial charge >= 0.3 is 0 Å². The van der Waals surface area contributed by atoms with Crippen LogP contribution in [-0.4, -0.2) is 9.13 Å². The fourth-order valence-corrected chi connectivity index (χ4v) is 8.28. The van der Waals surface area contributed by atoms with Gasteiger partial charge in [-0.3, -0.25) is 0 Å². The molecule has 2 heterocycles. The molecular weight excluding hydrogens is 520 g/mol. The lowest BCUT2D eigenvalue weighted by atomic mass is 9.69. The second-order valence-corrected chi connectivity index (χ2v) is 11.7. The van der Waals surface area contributed by atoms with Gasteiger partial charge in [0.25, 0.3) is 0 Å². The Morgan fingerprint density at radius 1 is 0.349 bits per heavy atom. The van der Waals surface area contributed by atoms with Gasteiger partial charge < -0.3 is 9.13 Å². The summed E-state index contributed by atoms with van der Waals surface area (Å²) >= 11 is 0. The van der Waals surface area contributed by atoms with Gasteiger partial charge in [0.15, 0.2) is 0 Å². The van der Waals surface area contributed by atoms with Crippen LogP contribution in [0.1, 0.15) is 22.3 Å². The zero-order valence-corrected chi connectivity index (χ0v) is 23.4. The van der Waals surface area contributed by atoms with Crippen molar-refractivity contribution in [3.8, 4) is 33.9 Å². The maximum Gasteiger partial charge on any atom is 0.0769 e. The normalized spacial score (nSPS) is 13.8. The lowest BCUT2D eigenvalue weighted by Crippen LogP contribution is -2.25. The molecule has 1 spiro atoms. The van der Waals surface area contributed by atoms with Crippen molar-refractivity contribution in [1.29, 1.82) is 0 Å². The lowest BCUT2D eigenvalue weighted by molar-refractivity contribution is 0.809. The molecule has 6 aromatic carbocycles. The van der Waals surface area contributed by atoms with Crippen molar-refractivity contribution in [2.24, 2.45) is 0 Å². The third kappa shape index (κ3) is 2.70. The van der Waals surface area contributed by atoms with E-state index in [1.807, 2.05) is 0 Å². The molecule has 0 aliphatic heterocycles. The molecule has 0 N–H and O–H groups in total. The fourth-order valence-electron chi connectivity index (χ4n) is 8.28. The molecule has 0 saturated carbocycles. The van der Waals surface area contributed by atoms with Crippen LogP contribution in [0.25, 0.3) is 55.7 Å². The van der Waals surface area contributed by atoms with Crippen molar-refractivity contribution < 1.29 is 0 Å². The summed E-state index contributed by atoms with van der Waals surface area (Å²) in [5.41, 5.74) is 15.1. The van der Waals surface area contributed by atoms with Crippen molar-refractivity contribution in [3.63, 3.8) is 0 Å². The molecule has 0 atom stereocenters. The van der Waals surface area contributed by atoms with E-state index >= 15 is 0 Å². The SMILES string of the molecule is c1ccc(-n2c3c(c4ccccc42)C2(c4ccccc4-3)c3ccccc3-c3c2c2ccccc2n3-c2ccccc2)cc1. The van der Waals surface area contributed by atoms with Gasteiger partial charge in [-0.1, -0.05) is 121 Å². The van der Waals surface area contributed by atoms with E-state index in [0.29, 0.717) is 0 Å². The van der Waals surface area contributed by atoms with Gasteiger partial charge in [0.05, 0.1) is 27.8 Å². The van der Waals surface area contributed by atoms with E-state index in [4.69, 9.17) is 0 Å². The lowest BCUT2D eigenvalue weighted by Gasteiger charge is -2.30. The first-order valence-corrected chi connectivity index (χ1v) is 15.0. The first-order chi connectivity index (χ1) is 21.4. The zero-order chi connectivity index (χ0) is 28.1. The van der Waals surface area contributed by atoms with Crippen molar-refractivity contribution in [1.82, 2.24) is 9.13 Å². The van der Waals surface area contributed by atoms with Crippen LogP contribution >= 0.6 is 0 Å². The number of hydrogen-bond acceptors (Lipinski definition) is 0. The van der Waals surface area contributed by atoms with Crippen LogP contribution in [0.4, 0.5) is 0 Å². The van der Waals surface area contributed by atoms with Gasteiger partial charge in [0.1, 0.15) is 0 Å². The second kappa shape index (κ2) is 8.24. The maximum atomic E-state index is 2.50. The summed E-state index contributed by atoms with van der Waals surface area (Å²) in [4.78, 5) is 0. The predicted octanol–water partition coefficient (Wildman–Crippen LogP) is 9.92. The van der Waals surface area contributed by atoms with Crippen molar-refractivity contribution in [3.05, 3.63) is 180 Å². The molecule has 0 radical (unpaired) electrons. The molecule has 0 bridgehead atoms. The minimum atomic E-state index is -0.461. The Hall–Kier alpha value is -5.60. The number of nitrogens with zero attached hydrogens (tertiary/aromatic N) is 2. The Labute approximate surface area is 249 Å². The van der Waals surface area contributed by atoms with Crippen LogP contribution in [-0.2, 0) is 5.41 Å². The standard InChI is InChI=1S/C41H26N2/c1-3-15-27(16-4-1)42-35-25-13-9-21-31(35)37-39(42)29-19-7-11-23-33(29)41(37)34-24-12-8-20-30(34)40-38(41)32-22-10-14-26-36(32)43(40)28-17-5-2-6-18-28/h1-26H. The molecular formula is C41H26N2. The summed E-state index contributed by atoms with van der Waals surface area (Å²) in [7, 11) is 0. The molecule has 0 amide bonds. The molecule has 200 valence electrons. The summed E-state index contributed by atoms with van der Waals surface area (Å²) in [5.74, 6) is 0. The number of para-hydroxylation sites is 4. The van der Waals surface area contributed by atoms with E-state index in [-0.39, 0.29) is 0 Å². The van der Waals surface area contributed by atoms with Gasteiger partial charge in [-0.2, -0.15) is 0 Å². The van der Waals surface area contributed by atoms with Gasteiger partial charge in [-0.15, -0.1) is 0 Å². The summed E-state index contributed by atoms with van der Waals surface area (Å²) in [5, 5.41) is 2.61. The van der Waals surface area contributed by atoms with Gasteiger partial charge in [-0.05, 0) is 47.5 Å². The van der Waals surface area contributed by atoms with E-state index in [2.05, 4.69) is 167 Å². The van der Waals surface area contributed by atoms with Gasteiger partial charge in [0.2, 0.25) is 0 Å². The van der Waals surface area contributed by atoms with E-state index < -0.39 is 5.41 Å². The van der Waals surface area contributed by atoms with Crippen LogP contribution in [0.15, 0.2) is 158 Å². The molecule has 2 nitrogen and oxygen atoms in total. The summed E-state index contributed by atoms with van der Waals surface area (Å²) in [6.45, 7) is 0. The molecule has 2 heteroatoms. The number of benzene rings is 6. The Morgan fingerprint density at radius 3 is 1.19 bits per heavy atom. The zero-order valence-electron chi connectivity index (χ0n) is 23.4. The van der Waals surface area contributed by atoms with Crippen LogP contribution in [0.2, 0.25) is 0 Å². The minimum Gasteiger partial charge on any atom is -0.309 e. The van der Waals surface area contributed by atoms with E-state index in [0.717, 1.165) is 0 Å². The molecule has 0 fully saturated rings. The van der Waals surface area contributed by atoms with Crippen LogP contribution in [0, 0.1) is 0 Å². The van der Waals surface area contributed by atoms with Crippen LogP contribution < -0.4 is 0 Å². The van der Waals surface area contributed by atoms with Crippen LogP contribution in [0.3, 0.4) is 0 Å². The Bertz CT molecular complexity index is 2220. The third-order valence-corrected chi connectivity index (χ3v) is 9.70. The summed E-state index contributed by atoms with van der Waals surface area (Å²) in [6.07, 6.45) is 0. The monoisotopic (exact) mass is 546 g/mol. The summed E-state index contributed by atoms with van der Waals surface area (Å²) < 4.78 is 4.99. The predicted molar refractivity (Wildman–Crippen MR) is 176 cm³/mol. The Morgan fingerprint density at radius 2 is 0.721 bits per heavy atom. The van der Waals surface area contributed by atoms with E-state index in [1.165, 1.54) is 77.9 Å². The van der Waals surface area contributed by atoms with E-state index in [1.54, 1.807) is 0 Å². The van der Waals surface area contributed by atoms with Crippen molar-refractivity contribution >= 4 is 21.8 Å². The quantitative estimate of drug-likeness (QED) is 0.204. The third-order valence-electron chi connectivity index (χ3n) is 9.70. The largest absolute Gasteiger partial charge is 0.309 e. The Kier molecular flexibility index (Phi) is 4.41. The number of fused-ring (bicyclic) bond motifs is 14. The average molecular weight is 547 g/mol. The topological polar surface area (TPSA) is 9.86 Å². The van der Waals surface area contributed by atoms with Gasteiger partial charge in [0, 0.05) is 44.4 Å². The number of aromatic nitrogens is 2. The highest BCUT2D eigenvalue weighted by molar-refractivity contribution is 6.09. The smallest absolute Gasteiger partial charge is 0.0769 e. The molecule has 2 aromatic heterocycles. The van der Waals surface area contributed by atoms with Gasteiger partial charge in [-0.25, -0.2) is 0 Å². The molecule has 0 saturated heterocycles.